The van der Waals surface area contributed by atoms with Crippen LogP contribution in [-0.2, 0) is 9.84 Å². The van der Waals surface area contributed by atoms with Gasteiger partial charge in [0.25, 0.3) is 0 Å². The standard InChI is InChI=1S/C8H19NO4S/c1-2-14(12,13)5-3-4-9-8(6-10)7-11/h8-11H,2-7H2,1H3. The van der Waals surface area contributed by atoms with E-state index in [1.165, 1.54) is 0 Å². The molecule has 5 nitrogen and oxygen atoms in total. The number of hydrogen-bond donors (Lipinski definition) is 3. The zero-order valence-electron chi connectivity index (χ0n) is 8.44. The summed E-state index contributed by atoms with van der Waals surface area (Å²) in [5.74, 6) is 0.316. The smallest absolute Gasteiger partial charge is 0.150 e. The van der Waals surface area contributed by atoms with Crippen LogP contribution in [0.1, 0.15) is 13.3 Å². The van der Waals surface area contributed by atoms with Crippen molar-refractivity contribution in [2.75, 3.05) is 31.3 Å². The van der Waals surface area contributed by atoms with Crippen LogP contribution in [0.2, 0.25) is 0 Å². The molecule has 3 N–H and O–H groups in total. The van der Waals surface area contributed by atoms with Gasteiger partial charge in [0.15, 0.2) is 0 Å². The molecule has 0 saturated carbocycles. The number of nitrogens with one attached hydrogen (secondary N) is 1. The Bertz CT molecular complexity index is 223. The Labute approximate surface area is 85.1 Å². The lowest BCUT2D eigenvalue weighted by Gasteiger charge is -2.12. The van der Waals surface area contributed by atoms with E-state index in [0.29, 0.717) is 13.0 Å². The van der Waals surface area contributed by atoms with E-state index in [2.05, 4.69) is 5.32 Å². The summed E-state index contributed by atoms with van der Waals surface area (Å²) < 4.78 is 22.1. The first-order chi connectivity index (χ1) is 6.55. The molecule has 0 aromatic rings. The molecule has 0 aromatic carbocycles. The molecule has 0 saturated heterocycles. The molecular weight excluding hydrogens is 206 g/mol. The molecule has 0 aliphatic rings. The zero-order valence-corrected chi connectivity index (χ0v) is 9.26. The average molecular weight is 225 g/mol. The minimum atomic E-state index is -2.90. The molecule has 0 bridgehead atoms. The number of aliphatic hydroxyl groups is 2. The van der Waals surface area contributed by atoms with Crippen LogP contribution in [0.4, 0.5) is 0 Å². The normalized spacial score (nSPS) is 12.3. The number of sulfone groups is 1. The van der Waals surface area contributed by atoms with Crippen molar-refractivity contribution in [2.24, 2.45) is 0 Å². The van der Waals surface area contributed by atoms with Gasteiger partial charge in [-0.1, -0.05) is 6.92 Å². The van der Waals surface area contributed by atoms with E-state index in [1.807, 2.05) is 0 Å². The average Bonchev–Trinajstić information content (AvgIpc) is 2.18. The zero-order chi connectivity index (χ0) is 11.0. The molecule has 0 aliphatic heterocycles. The predicted octanol–water partition coefficient (Wildman–Crippen LogP) is -1.25. The molecule has 0 unspecified atom stereocenters. The number of aliphatic hydroxyl groups excluding tert-OH is 2. The second-order valence-corrected chi connectivity index (χ2v) is 5.58. The molecule has 86 valence electrons. The van der Waals surface area contributed by atoms with Gasteiger partial charge < -0.3 is 15.5 Å². The summed E-state index contributed by atoms with van der Waals surface area (Å²) in [7, 11) is -2.90. The van der Waals surface area contributed by atoms with Crippen molar-refractivity contribution < 1.29 is 18.6 Å². The van der Waals surface area contributed by atoms with Crippen molar-refractivity contribution in [1.29, 1.82) is 0 Å². The van der Waals surface area contributed by atoms with Gasteiger partial charge in [-0.05, 0) is 13.0 Å². The van der Waals surface area contributed by atoms with E-state index in [9.17, 15) is 8.42 Å². The van der Waals surface area contributed by atoms with Crippen LogP contribution in [0.5, 0.6) is 0 Å². The van der Waals surface area contributed by atoms with Gasteiger partial charge in [0.2, 0.25) is 0 Å². The first-order valence-electron chi connectivity index (χ1n) is 4.71. The maximum absolute atomic E-state index is 11.1. The Morgan fingerprint density at radius 3 is 2.29 bits per heavy atom. The van der Waals surface area contributed by atoms with Crippen LogP contribution in [-0.4, -0.2) is 55.9 Å². The Morgan fingerprint density at radius 2 is 1.86 bits per heavy atom. The second kappa shape index (κ2) is 7.17. The van der Waals surface area contributed by atoms with E-state index in [4.69, 9.17) is 10.2 Å². The molecule has 0 spiro atoms. The Morgan fingerprint density at radius 1 is 1.29 bits per heavy atom. The quantitative estimate of drug-likeness (QED) is 0.450. The lowest BCUT2D eigenvalue weighted by Crippen LogP contribution is -2.36. The highest BCUT2D eigenvalue weighted by Crippen LogP contribution is 1.92. The maximum atomic E-state index is 11.1. The monoisotopic (exact) mass is 225 g/mol. The first kappa shape index (κ1) is 13.8. The molecule has 0 aliphatic carbocycles. The van der Waals surface area contributed by atoms with Crippen molar-refractivity contribution >= 4 is 9.84 Å². The molecule has 14 heavy (non-hydrogen) atoms. The third-order valence-electron chi connectivity index (χ3n) is 1.95. The van der Waals surface area contributed by atoms with Crippen LogP contribution in [0.15, 0.2) is 0 Å². The van der Waals surface area contributed by atoms with Gasteiger partial charge in [-0.15, -0.1) is 0 Å². The highest BCUT2D eigenvalue weighted by molar-refractivity contribution is 7.91. The molecule has 0 radical (unpaired) electrons. The summed E-state index contributed by atoms with van der Waals surface area (Å²) >= 11 is 0. The Hall–Kier alpha value is -0.170. The lowest BCUT2D eigenvalue weighted by molar-refractivity contribution is 0.171. The Balaban J connectivity index is 3.56. The third-order valence-corrected chi connectivity index (χ3v) is 3.74. The number of rotatable bonds is 8. The van der Waals surface area contributed by atoms with Gasteiger partial charge in [-0.25, -0.2) is 8.42 Å². The van der Waals surface area contributed by atoms with Crippen molar-refractivity contribution in [1.82, 2.24) is 5.32 Å². The van der Waals surface area contributed by atoms with Gasteiger partial charge in [0.1, 0.15) is 9.84 Å². The van der Waals surface area contributed by atoms with E-state index < -0.39 is 9.84 Å². The van der Waals surface area contributed by atoms with Crippen LogP contribution in [0.25, 0.3) is 0 Å². The van der Waals surface area contributed by atoms with Gasteiger partial charge >= 0.3 is 0 Å². The van der Waals surface area contributed by atoms with Crippen LogP contribution in [0.3, 0.4) is 0 Å². The van der Waals surface area contributed by atoms with Crippen LogP contribution < -0.4 is 5.32 Å². The highest BCUT2D eigenvalue weighted by atomic mass is 32.2. The molecular formula is C8H19NO4S. The minimum absolute atomic E-state index is 0.142. The molecule has 0 heterocycles. The van der Waals surface area contributed by atoms with Gasteiger partial charge in [0.05, 0.1) is 25.0 Å². The highest BCUT2D eigenvalue weighted by Gasteiger charge is 2.08. The fraction of sp³-hybridized carbons (Fsp3) is 1.00. The maximum Gasteiger partial charge on any atom is 0.150 e. The fourth-order valence-electron chi connectivity index (χ4n) is 0.929. The Kier molecular flexibility index (Phi) is 7.08. The molecule has 0 amide bonds. The number of hydrogen-bond acceptors (Lipinski definition) is 5. The summed E-state index contributed by atoms with van der Waals surface area (Å²) in [6, 6.07) is -0.348. The summed E-state index contributed by atoms with van der Waals surface area (Å²) in [5, 5.41) is 20.2. The molecule has 0 rings (SSSR count). The fourth-order valence-corrected chi connectivity index (χ4v) is 1.80. The molecule has 0 fully saturated rings. The van der Waals surface area contributed by atoms with Crippen molar-refractivity contribution in [3.05, 3.63) is 0 Å². The summed E-state index contributed by atoms with van der Waals surface area (Å²) in [6.45, 7) is 1.83. The topological polar surface area (TPSA) is 86.6 Å². The van der Waals surface area contributed by atoms with E-state index >= 15 is 0 Å². The van der Waals surface area contributed by atoms with Crippen LogP contribution >= 0.6 is 0 Å². The summed E-state index contributed by atoms with van der Waals surface area (Å²) in [5.41, 5.74) is 0. The second-order valence-electron chi connectivity index (χ2n) is 3.11. The third kappa shape index (κ3) is 6.31. The first-order valence-corrected chi connectivity index (χ1v) is 6.53. The minimum Gasteiger partial charge on any atom is -0.395 e. The lowest BCUT2D eigenvalue weighted by atomic mass is 10.3. The largest absolute Gasteiger partial charge is 0.395 e. The molecule has 0 aromatic heterocycles. The van der Waals surface area contributed by atoms with Crippen molar-refractivity contribution in [3.63, 3.8) is 0 Å². The SMILES string of the molecule is CCS(=O)(=O)CCCNC(CO)CO. The summed E-state index contributed by atoms with van der Waals surface area (Å²) in [4.78, 5) is 0. The van der Waals surface area contributed by atoms with Crippen LogP contribution in [0, 0.1) is 0 Å². The van der Waals surface area contributed by atoms with Crippen molar-refractivity contribution in [2.45, 2.75) is 19.4 Å². The van der Waals surface area contributed by atoms with Crippen molar-refractivity contribution in [3.8, 4) is 0 Å². The summed E-state index contributed by atoms with van der Waals surface area (Å²) in [6.07, 6.45) is 0.507. The van der Waals surface area contributed by atoms with E-state index in [0.717, 1.165) is 0 Å². The van der Waals surface area contributed by atoms with E-state index in [1.54, 1.807) is 6.92 Å². The molecule has 0 atom stereocenters. The van der Waals surface area contributed by atoms with Gasteiger partial charge in [-0.2, -0.15) is 0 Å². The van der Waals surface area contributed by atoms with E-state index in [-0.39, 0.29) is 30.8 Å². The molecule has 6 heteroatoms. The van der Waals surface area contributed by atoms with Gasteiger partial charge in [0, 0.05) is 5.75 Å². The predicted molar refractivity (Wildman–Crippen MR) is 54.9 cm³/mol. The van der Waals surface area contributed by atoms with Gasteiger partial charge in [-0.3, -0.25) is 0 Å².